The van der Waals surface area contributed by atoms with Crippen LogP contribution in [0, 0.1) is 0 Å². The average Bonchev–Trinajstić information content (AvgIpc) is 2.75. The van der Waals surface area contributed by atoms with E-state index in [9.17, 15) is 22.8 Å². The number of imide groups is 1. The van der Waals surface area contributed by atoms with Gasteiger partial charge in [0.15, 0.2) is 5.54 Å². The molecule has 1 unspecified atom stereocenters. The summed E-state index contributed by atoms with van der Waals surface area (Å²) in [6.45, 7) is 1.69. The predicted molar refractivity (Wildman–Crippen MR) is 72.1 cm³/mol. The van der Waals surface area contributed by atoms with Gasteiger partial charge in [-0.2, -0.15) is 13.2 Å². The van der Waals surface area contributed by atoms with Crippen LogP contribution in [-0.4, -0.2) is 35.2 Å². The van der Waals surface area contributed by atoms with Crippen molar-refractivity contribution in [1.29, 1.82) is 0 Å². The Bertz CT molecular complexity index is 604. The number of hydrogen-bond donors (Lipinski definition) is 4. The number of benzene rings is 1. The minimum absolute atomic E-state index is 0.404. The first-order valence-electron chi connectivity index (χ1n) is 6.26. The molecule has 1 fully saturated rings. The monoisotopic (exact) mass is 333 g/mol. The normalized spacial score (nSPS) is 21.6. The average molecular weight is 333 g/mol. The fraction of sp³-hybridized carbons (Fsp3) is 0.308. The second-order valence-electron chi connectivity index (χ2n) is 4.67. The number of carbonyl (C=O) groups is 3. The highest BCUT2D eigenvalue weighted by atomic mass is 19.4. The molecule has 3 amide bonds. The van der Waals surface area contributed by atoms with Gasteiger partial charge in [0.25, 0.3) is 5.91 Å². The summed E-state index contributed by atoms with van der Waals surface area (Å²) >= 11 is 0. The SMILES string of the molecule is CC(N)[C@@]1(c2ccccc2)NC(=O)NC1=O.O=C(O)C(F)(F)F. The van der Waals surface area contributed by atoms with E-state index >= 15 is 0 Å². The summed E-state index contributed by atoms with van der Waals surface area (Å²) in [6.07, 6.45) is -5.08. The lowest BCUT2D eigenvalue weighted by molar-refractivity contribution is -0.192. The Morgan fingerprint density at radius 1 is 1.26 bits per heavy atom. The van der Waals surface area contributed by atoms with Crippen LogP contribution >= 0.6 is 0 Å². The first kappa shape index (κ1) is 18.4. The molecule has 5 N–H and O–H groups in total. The lowest BCUT2D eigenvalue weighted by Crippen LogP contribution is -2.55. The van der Waals surface area contributed by atoms with E-state index in [0.29, 0.717) is 5.56 Å². The van der Waals surface area contributed by atoms with Gasteiger partial charge in [0.1, 0.15) is 0 Å². The highest BCUT2D eigenvalue weighted by Gasteiger charge is 2.50. The highest BCUT2D eigenvalue weighted by molar-refractivity contribution is 6.07. The number of carboxylic acids is 1. The molecule has 0 saturated carbocycles. The third kappa shape index (κ3) is 3.97. The number of halogens is 3. The second-order valence-corrected chi connectivity index (χ2v) is 4.67. The zero-order valence-electron chi connectivity index (χ0n) is 11.8. The van der Waals surface area contributed by atoms with Crippen LogP contribution in [0.3, 0.4) is 0 Å². The van der Waals surface area contributed by atoms with E-state index in [1.165, 1.54) is 0 Å². The number of nitrogens with one attached hydrogen (secondary N) is 2. The summed E-state index contributed by atoms with van der Waals surface area (Å²) in [4.78, 5) is 32.0. The lowest BCUT2D eigenvalue weighted by atomic mass is 9.84. The van der Waals surface area contributed by atoms with Gasteiger partial charge in [-0.25, -0.2) is 9.59 Å². The van der Waals surface area contributed by atoms with E-state index in [1.807, 2.05) is 6.07 Å². The van der Waals surface area contributed by atoms with Crippen molar-refractivity contribution >= 4 is 17.9 Å². The molecule has 2 atom stereocenters. The standard InChI is InChI=1S/C11H13N3O2.C2HF3O2/c1-7(12)11(8-5-3-2-4-6-8)9(15)13-10(16)14-11;3-2(4,5)1(6)7/h2-7H,12H2,1H3,(H2,13,14,15,16);(H,6,7)/t7?,11-;/m0./s1. The molecule has 0 spiro atoms. The van der Waals surface area contributed by atoms with Crippen molar-refractivity contribution in [2.45, 2.75) is 24.7 Å². The molecule has 1 aliphatic heterocycles. The summed E-state index contributed by atoms with van der Waals surface area (Å²) < 4.78 is 31.7. The predicted octanol–water partition coefficient (Wildman–Crippen LogP) is 0.702. The Morgan fingerprint density at radius 3 is 2.04 bits per heavy atom. The molecule has 10 heteroatoms. The molecular weight excluding hydrogens is 319 g/mol. The summed E-state index contributed by atoms with van der Waals surface area (Å²) in [7, 11) is 0. The molecule has 1 aromatic rings. The Balaban J connectivity index is 0.000000322. The maximum atomic E-state index is 11.9. The van der Waals surface area contributed by atoms with Crippen molar-refractivity contribution in [2.24, 2.45) is 5.73 Å². The zero-order chi connectivity index (χ0) is 17.8. The fourth-order valence-electron chi connectivity index (χ4n) is 1.96. The van der Waals surface area contributed by atoms with Crippen LogP contribution in [0.25, 0.3) is 0 Å². The minimum atomic E-state index is -5.08. The topological polar surface area (TPSA) is 122 Å². The van der Waals surface area contributed by atoms with Gasteiger partial charge in [-0.05, 0) is 12.5 Å². The van der Waals surface area contributed by atoms with Gasteiger partial charge in [-0.1, -0.05) is 30.3 Å². The van der Waals surface area contributed by atoms with Gasteiger partial charge < -0.3 is 16.2 Å². The van der Waals surface area contributed by atoms with E-state index in [1.54, 1.807) is 31.2 Å². The second kappa shape index (κ2) is 6.65. The maximum Gasteiger partial charge on any atom is 0.490 e. The molecule has 7 nitrogen and oxygen atoms in total. The van der Waals surface area contributed by atoms with Crippen molar-refractivity contribution in [2.75, 3.05) is 0 Å². The summed E-state index contributed by atoms with van der Waals surface area (Å²) in [5, 5.41) is 12.0. The van der Waals surface area contributed by atoms with Crippen LogP contribution < -0.4 is 16.4 Å². The van der Waals surface area contributed by atoms with E-state index in [2.05, 4.69) is 10.6 Å². The van der Waals surface area contributed by atoms with Crippen molar-refractivity contribution in [3.63, 3.8) is 0 Å². The third-order valence-corrected chi connectivity index (χ3v) is 3.05. The van der Waals surface area contributed by atoms with E-state index < -0.39 is 35.7 Å². The smallest absolute Gasteiger partial charge is 0.475 e. The Hall–Kier alpha value is -2.62. The van der Waals surface area contributed by atoms with Gasteiger partial charge in [-0.15, -0.1) is 0 Å². The number of amides is 3. The molecule has 23 heavy (non-hydrogen) atoms. The number of rotatable bonds is 2. The maximum absolute atomic E-state index is 11.9. The number of carbonyl (C=O) groups excluding carboxylic acids is 2. The van der Waals surface area contributed by atoms with Crippen molar-refractivity contribution in [3.8, 4) is 0 Å². The first-order chi connectivity index (χ1) is 10.5. The Labute approximate surface area is 128 Å². The summed E-state index contributed by atoms with van der Waals surface area (Å²) in [5.74, 6) is -3.16. The van der Waals surface area contributed by atoms with Crippen LogP contribution in [0.4, 0.5) is 18.0 Å². The molecular formula is C13H14F3N3O4. The van der Waals surface area contributed by atoms with Gasteiger partial charge in [0.2, 0.25) is 0 Å². The van der Waals surface area contributed by atoms with E-state index in [-0.39, 0.29) is 0 Å². The molecule has 1 aliphatic rings. The Kier molecular flexibility index (Phi) is 5.33. The van der Waals surface area contributed by atoms with E-state index in [0.717, 1.165) is 0 Å². The van der Waals surface area contributed by atoms with Gasteiger partial charge in [0, 0.05) is 6.04 Å². The lowest BCUT2D eigenvalue weighted by Gasteiger charge is -2.30. The molecule has 1 aromatic carbocycles. The molecule has 0 radical (unpaired) electrons. The summed E-state index contributed by atoms with van der Waals surface area (Å²) in [5.41, 5.74) is 5.38. The minimum Gasteiger partial charge on any atom is -0.475 e. The molecule has 0 aliphatic carbocycles. The van der Waals surface area contributed by atoms with E-state index in [4.69, 9.17) is 15.6 Å². The fourth-order valence-corrected chi connectivity index (χ4v) is 1.96. The van der Waals surface area contributed by atoms with Gasteiger partial charge >= 0.3 is 18.2 Å². The van der Waals surface area contributed by atoms with Crippen LogP contribution in [-0.2, 0) is 15.1 Å². The largest absolute Gasteiger partial charge is 0.490 e. The third-order valence-electron chi connectivity index (χ3n) is 3.05. The quantitative estimate of drug-likeness (QED) is 0.594. The van der Waals surface area contributed by atoms with Crippen molar-refractivity contribution < 1.29 is 32.7 Å². The van der Waals surface area contributed by atoms with Crippen LogP contribution in [0.2, 0.25) is 0 Å². The molecule has 0 aromatic heterocycles. The number of alkyl halides is 3. The number of carboxylic acid groups (broad SMARTS) is 1. The van der Waals surface area contributed by atoms with Crippen molar-refractivity contribution in [1.82, 2.24) is 10.6 Å². The molecule has 2 rings (SSSR count). The number of aliphatic carboxylic acids is 1. The van der Waals surface area contributed by atoms with Crippen LogP contribution in [0.1, 0.15) is 12.5 Å². The Morgan fingerprint density at radius 2 is 1.74 bits per heavy atom. The van der Waals surface area contributed by atoms with Gasteiger partial charge in [-0.3, -0.25) is 10.1 Å². The number of hydrogen-bond acceptors (Lipinski definition) is 4. The van der Waals surface area contributed by atoms with Crippen LogP contribution in [0.15, 0.2) is 30.3 Å². The zero-order valence-corrected chi connectivity index (χ0v) is 11.8. The molecule has 1 heterocycles. The van der Waals surface area contributed by atoms with Gasteiger partial charge in [0.05, 0.1) is 0 Å². The molecule has 126 valence electrons. The summed E-state index contributed by atoms with van der Waals surface area (Å²) in [6, 6.07) is 7.97. The molecule has 0 bridgehead atoms. The highest BCUT2D eigenvalue weighted by Crippen LogP contribution is 2.27. The molecule has 1 saturated heterocycles. The number of urea groups is 1. The number of nitrogens with two attached hydrogens (primary N) is 1. The van der Waals surface area contributed by atoms with Crippen LogP contribution in [0.5, 0.6) is 0 Å². The first-order valence-corrected chi connectivity index (χ1v) is 6.26. The van der Waals surface area contributed by atoms with Crippen molar-refractivity contribution in [3.05, 3.63) is 35.9 Å².